The van der Waals surface area contributed by atoms with Crippen molar-refractivity contribution in [3.63, 3.8) is 0 Å². The second-order valence-electron chi connectivity index (χ2n) is 4.99. The van der Waals surface area contributed by atoms with Crippen molar-refractivity contribution in [2.75, 3.05) is 12.4 Å². The largest absolute Gasteiger partial charge is 0.509 e. The molecule has 0 fully saturated rings. The van der Waals surface area contributed by atoms with Gasteiger partial charge in [0.1, 0.15) is 11.3 Å². The summed E-state index contributed by atoms with van der Waals surface area (Å²) in [7, 11) is -2.42. The second kappa shape index (κ2) is 6.18. The van der Waals surface area contributed by atoms with Crippen LogP contribution in [-0.2, 0) is 9.36 Å². The number of amides is 1. The van der Waals surface area contributed by atoms with Crippen LogP contribution in [0.5, 0.6) is 0 Å². The van der Waals surface area contributed by atoms with Crippen LogP contribution in [0, 0.1) is 0 Å². The maximum absolute atomic E-state index is 12.3. The molecule has 8 heteroatoms. The molecule has 1 aromatic rings. The molecule has 1 unspecified atom stereocenters. The van der Waals surface area contributed by atoms with Crippen molar-refractivity contribution in [2.45, 2.75) is 26.8 Å². The van der Waals surface area contributed by atoms with Gasteiger partial charge < -0.3 is 20.2 Å². The molecule has 0 radical (unpaired) electrons. The summed E-state index contributed by atoms with van der Waals surface area (Å²) in [5, 5.41) is 13.1. The van der Waals surface area contributed by atoms with Crippen molar-refractivity contribution in [3.05, 3.63) is 35.6 Å². The molecule has 3 N–H and O–H groups in total. The maximum Gasteiger partial charge on any atom is 0.346 e. The molecule has 2 aliphatic heterocycles. The highest BCUT2D eigenvalue weighted by Crippen LogP contribution is 2.47. The number of carbonyl (C=O) groups is 1. The first-order valence-corrected chi connectivity index (χ1v) is 8.94. The zero-order valence-corrected chi connectivity index (χ0v) is 14.3. The van der Waals surface area contributed by atoms with Crippen molar-refractivity contribution in [1.82, 2.24) is 4.90 Å². The Morgan fingerprint density at radius 1 is 1.30 bits per heavy atom. The lowest BCUT2D eigenvalue weighted by molar-refractivity contribution is -0.125. The van der Waals surface area contributed by atoms with Gasteiger partial charge in [0.15, 0.2) is 5.84 Å². The quantitative estimate of drug-likeness (QED) is 0.681. The normalized spacial score (nSPS) is 26.1. The Morgan fingerprint density at radius 2 is 1.91 bits per heavy atom. The van der Waals surface area contributed by atoms with Crippen LogP contribution in [0.15, 0.2) is 40.4 Å². The smallest absolute Gasteiger partial charge is 0.346 e. The van der Waals surface area contributed by atoms with E-state index in [-0.39, 0.29) is 22.5 Å². The predicted octanol–water partition coefficient (Wildman–Crippen LogP) is 2.02. The topological polar surface area (TPSA) is 102 Å². The highest BCUT2D eigenvalue weighted by molar-refractivity contribution is 7.65. The monoisotopic (exact) mass is 337 g/mol. The molecule has 0 aliphatic carbocycles. The van der Waals surface area contributed by atoms with Crippen molar-refractivity contribution in [1.29, 1.82) is 0 Å². The zero-order valence-electron chi connectivity index (χ0n) is 13.4. The second-order valence-corrected chi connectivity index (χ2v) is 6.76. The molecule has 0 saturated heterocycles. The zero-order chi connectivity index (χ0) is 17.4. The molecule has 0 aromatic heterocycles. The molecule has 3 rings (SSSR count). The van der Waals surface area contributed by atoms with E-state index in [4.69, 9.17) is 0 Å². The van der Waals surface area contributed by atoms with Crippen molar-refractivity contribution >= 4 is 30.3 Å². The summed E-state index contributed by atoms with van der Waals surface area (Å²) >= 11 is 0. The van der Waals surface area contributed by atoms with Crippen LogP contribution in [0.4, 0.5) is 5.69 Å². The van der Waals surface area contributed by atoms with Crippen LogP contribution in [0.2, 0.25) is 0 Å². The molecule has 1 aromatic carbocycles. The number of hydrogen-bond acceptors (Lipinski definition) is 4. The molecule has 1 amide bonds. The minimum Gasteiger partial charge on any atom is -0.509 e. The Bertz CT molecular complexity index is 757. The number of likely N-dealkylation sites (N-methyl/N-ethyl adjacent to an activating group) is 1. The lowest BCUT2D eigenvalue weighted by Gasteiger charge is -2.21. The van der Waals surface area contributed by atoms with Crippen molar-refractivity contribution < 1.29 is 19.4 Å². The summed E-state index contributed by atoms with van der Waals surface area (Å²) in [4.78, 5) is 23.6. The number of nitrogens with zero attached hydrogens (tertiary/aromatic N) is 2. The fraction of sp³-hybridized carbons (Fsp3) is 0.333. The van der Waals surface area contributed by atoms with Crippen molar-refractivity contribution in [3.8, 4) is 0 Å². The number of para-hydroxylation sites is 1. The van der Waals surface area contributed by atoms with E-state index in [0.717, 1.165) is 0 Å². The lowest BCUT2D eigenvalue weighted by atomic mass is 10.2. The first-order chi connectivity index (χ1) is 10.8. The number of aliphatic hydroxyl groups is 1. The van der Waals surface area contributed by atoms with E-state index < -0.39 is 19.5 Å². The van der Waals surface area contributed by atoms with E-state index in [1.165, 1.54) is 11.0 Å². The number of nitrogens with one attached hydrogen (secondary N) is 1. The van der Waals surface area contributed by atoms with Gasteiger partial charge >= 0.3 is 7.52 Å². The number of anilines is 1. The molecule has 0 saturated carbocycles. The SMILES string of the molecule is CC.C[C@H]1C(O)=C(C2=NP(=O)(O)c3ccccc3N2)C(=O)N1C. The molecule has 124 valence electrons. The molecule has 0 bridgehead atoms. The highest BCUT2D eigenvalue weighted by atomic mass is 31.2. The highest BCUT2D eigenvalue weighted by Gasteiger charge is 2.40. The summed E-state index contributed by atoms with van der Waals surface area (Å²) in [6.07, 6.45) is 0. The van der Waals surface area contributed by atoms with Gasteiger partial charge in [-0.25, -0.2) is 0 Å². The van der Waals surface area contributed by atoms with Gasteiger partial charge in [-0.1, -0.05) is 26.0 Å². The van der Waals surface area contributed by atoms with Gasteiger partial charge in [-0.3, -0.25) is 9.36 Å². The van der Waals surface area contributed by atoms with Gasteiger partial charge in [0.05, 0.1) is 17.0 Å². The van der Waals surface area contributed by atoms with E-state index in [2.05, 4.69) is 10.1 Å². The molecule has 2 aliphatic rings. The Kier molecular flexibility index (Phi) is 4.63. The maximum atomic E-state index is 12.3. The summed E-state index contributed by atoms with van der Waals surface area (Å²) in [5.74, 6) is -0.669. The number of rotatable bonds is 1. The molecule has 7 nitrogen and oxygen atoms in total. The molecule has 0 spiro atoms. The predicted molar refractivity (Wildman–Crippen MR) is 90.2 cm³/mol. The number of benzene rings is 1. The van der Waals surface area contributed by atoms with Gasteiger partial charge in [0.2, 0.25) is 0 Å². The standard InChI is InChI=1S/C13H14N3O4P.C2H6/c1-7-11(17)10(13(18)16(7)2)12-14-8-5-3-4-6-9(8)21(19,20)15-12;1-2/h3-7,17H,1-2H3,(H2,14,15,19,20);1-2H3/t7-;/m0./s1. The summed E-state index contributed by atoms with van der Waals surface area (Å²) in [5.41, 5.74) is 0.345. The Morgan fingerprint density at radius 3 is 2.48 bits per heavy atom. The average Bonchev–Trinajstić information content (AvgIpc) is 2.72. The molecule has 2 atom stereocenters. The van der Waals surface area contributed by atoms with E-state index >= 15 is 0 Å². The molecule has 23 heavy (non-hydrogen) atoms. The van der Waals surface area contributed by atoms with Gasteiger partial charge in [0, 0.05) is 7.05 Å². The Hall–Kier alpha value is -2.11. The van der Waals surface area contributed by atoms with E-state index in [1.807, 2.05) is 13.8 Å². The van der Waals surface area contributed by atoms with Crippen LogP contribution in [-0.4, -0.2) is 39.7 Å². The first-order valence-electron chi connectivity index (χ1n) is 7.33. The van der Waals surface area contributed by atoms with Crippen LogP contribution in [0.25, 0.3) is 0 Å². The average molecular weight is 337 g/mol. The molecular formula is C15H20N3O4P. The van der Waals surface area contributed by atoms with Gasteiger partial charge in [-0.15, -0.1) is 0 Å². The van der Waals surface area contributed by atoms with Gasteiger partial charge in [0.25, 0.3) is 5.91 Å². The Labute approximate surface area is 134 Å². The molecular weight excluding hydrogens is 317 g/mol. The summed E-state index contributed by atoms with van der Waals surface area (Å²) < 4.78 is 16.1. The minimum atomic E-state index is -3.97. The molecule has 2 heterocycles. The third kappa shape index (κ3) is 2.78. The summed E-state index contributed by atoms with van der Waals surface area (Å²) in [6, 6.07) is 5.97. The fourth-order valence-electron chi connectivity index (χ4n) is 2.36. The van der Waals surface area contributed by atoms with E-state index in [9.17, 15) is 19.4 Å². The van der Waals surface area contributed by atoms with Crippen LogP contribution >= 0.6 is 7.52 Å². The number of fused-ring (bicyclic) bond motifs is 1. The number of carbonyl (C=O) groups excluding carboxylic acids is 1. The van der Waals surface area contributed by atoms with E-state index in [0.29, 0.717) is 5.69 Å². The number of amidine groups is 1. The Balaban J connectivity index is 0.000000924. The lowest BCUT2D eigenvalue weighted by Crippen LogP contribution is -2.32. The minimum absolute atomic E-state index is 0.0613. The van der Waals surface area contributed by atoms with Crippen LogP contribution in [0.3, 0.4) is 0 Å². The summed E-state index contributed by atoms with van der Waals surface area (Å²) in [6.45, 7) is 5.66. The third-order valence-electron chi connectivity index (χ3n) is 3.71. The van der Waals surface area contributed by atoms with Crippen LogP contribution < -0.4 is 10.6 Å². The van der Waals surface area contributed by atoms with Crippen LogP contribution in [0.1, 0.15) is 20.8 Å². The van der Waals surface area contributed by atoms with Gasteiger partial charge in [-0.05, 0) is 19.1 Å². The van der Waals surface area contributed by atoms with Crippen molar-refractivity contribution in [2.24, 2.45) is 4.76 Å². The fourth-order valence-corrected chi connectivity index (χ4v) is 3.62. The van der Waals surface area contributed by atoms with E-state index in [1.54, 1.807) is 32.2 Å². The first kappa shape index (κ1) is 17.2. The number of aliphatic hydroxyl groups excluding tert-OH is 1. The number of hydrogen-bond donors (Lipinski definition) is 3. The van der Waals surface area contributed by atoms with Gasteiger partial charge in [-0.2, -0.15) is 4.76 Å². The third-order valence-corrected chi connectivity index (χ3v) is 5.20.